The molecule has 0 saturated carbocycles. The van der Waals surface area contributed by atoms with Gasteiger partial charge in [0.1, 0.15) is 0 Å². The van der Waals surface area contributed by atoms with Crippen LogP contribution in [-0.2, 0) is 22.6 Å². The van der Waals surface area contributed by atoms with Crippen LogP contribution < -0.4 is 9.47 Å². The Hall–Kier alpha value is -3.16. The van der Waals surface area contributed by atoms with Crippen molar-refractivity contribution in [1.29, 1.82) is 0 Å². The van der Waals surface area contributed by atoms with E-state index in [-0.39, 0.29) is 30.0 Å². The third kappa shape index (κ3) is 5.58. The second-order valence-corrected chi connectivity index (χ2v) is 10.4. The molecule has 2 heterocycles. The molecule has 2 aromatic carbocycles. The predicted octanol–water partition coefficient (Wildman–Crippen LogP) is 4.64. The fourth-order valence-electron chi connectivity index (χ4n) is 5.81. The van der Waals surface area contributed by atoms with Crippen molar-refractivity contribution in [2.75, 3.05) is 27.3 Å². The van der Waals surface area contributed by atoms with Crippen LogP contribution >= 0.6 is 0 Å². The van der Waals surface area contributed by atoms with Gasteiger partial charge in [0.15, 0.2) is 11.5 Å². The van der Waals surface area contributed by atoms with E-state index in [1.165, 1.54) is 5.56 Å². The second-order valence-electron chi connectivity index (χ2n) is 10.4. The molecule has 2 aromatic rings. The van der Waals surface area contributed by atoms with Crippen molar-refractivity contribution in [3.8, 4) is 11.5 Å². The Morgan fingerprint density at radius 3 is 2.14 bits per heavy atom. The number of hydrogen-bond acceptors (Lipinski definition) is 6. The van der Waals surface area contributed by atoms with E-state index in [9.17, 15) is 4.79 Å². The highest BCUT2D eigenvalue weighted by Crippen LogP contribution is 2.37. The monoisotopic (exact) mass is 503 g/mol. The van der Waals surface area contributed by atoms with Gasteiger partial charge in [0, 0.05) is 31.1 Å². The van der Waals surface area contributed by atoms with Crippen LogP contribution in [0.3, 0.4) is 0 Å². The molecule has 7 nitrogen and oxygen atoms in total. The zero-order chi connectivity index (χ0) is 25.9. The summed E-state index contributed by atoms with van der Waals surface area (Å²) in [5, 5.41) is 6.58. The van der Waals surface area contributed by atoms with Gasteiger partial charge in [-0.15, -0.1) is 0 Å². The van der Waals surface area contributed by atoms with Crippen molar-refractivity contribution in [3.05, 3.63) is 71.3 Å². The molecule has 5 rings (SSSR count). The maximum atomic E-state index is 13.5. The third-order valence-electron chi connectivity index (χ3n) is 7.52. The number of carbonyl (C=O) groups is 1. The number of amides is 1. The van der Waals surface area contributed by atoms with Crippen LogP contribution in [0.25, 0.3) is 0 Å². The quantitative estimate of drug-likeness (QED) is 0.515. The molecule has 196 valence electrons. The van der Waals surface area contributed by atoms with E-state index in [4.69, 9.17) is 19.3 Å². The fraction of sp³-hybridized carbons (Fsp3) is 0.467. The van der Waals surface area contributed by atoms with Gasteiger partial charge in [-0.3, -0.25) is 9.69 Å². The van der Waals surface area contributed by atoms with Crippen LogP contribution in [0, 0.1) is 11.8 Å². The number of ether oxygens (including phenoxy) is 3. The van der Waals surface area contributed by atoms with E-state index >= 15 is 0 Å². The number of fused-ring (bicyclic) bond motifs is 1. The summed E-state index contributed by atoms with van der Waals surface area (Å²) in [5.74, 6) is 1.40. The minimum absolute atomic E-state index is 0.0625. The lowest BCUT2D eigenvalue weighted by molar-refractivity contribution is -0.138. The minimum atomic E-state index is -0.102. The van der Waals surface area contributed by atoms with Gasteiger partial charge < -0.3 is 14.2 Å². The fourth-order valence-corrected chi connectivity index (χ4v) is 5.81. The number of hydrogen-bond donors (Lipinski definition) is 0. The van der Waals surface area contributed by atoms with E-state index in [1.54, 1.807) is 19.2 Å². The lowest BCUT2D eigenvalue weighted by Crippen LogP contribution is -2.45. The topological polar surface area (TPSA) is 63.6 Å². The van der Waals surface area contributed by atoms with Crippen molar-refractivity contribution in [2.45, 2.75) is 52.0 Å². The summed E-state index contributed by atoms with van der Waals surface area (Å²) < 4.78 is 16.8. The first-order valence-corrected chi connectivity index (χ1v) is 13.2. The summed E-state index contributed by atoms with van der Waals surface area (Å²) >= 11 is 0. The number of methoxy groups -OCH3 is 2. The normalized spacial score (nSPS) is 26.0. The molecule has 0 N–H and O–H groups in total. The number of benzene rings is 2. The number of rotatable bonds is 7. The summed E-state index contributed by atoms with van der Waals surface area (Å²) in [6.07, 6.45) is 6.34. The van der Waals surface area contributed by atoms with E-state index in [0.717, 1.165) is 49.3 Å². The van der Waals surface area contributed by atoms with Crippen molar-refractivity contribution in [2.24, 2.45) is 16.9 Å². The first kappa shape index (κ1) is 25.5. The number of hydrazone groups is 1. The Morgan fingerprint density at radius 1 is 0.865 bits per heavy atom. The molecule has 4 atom stereocenters. The van der Waals surface area contributed by atoms with Gasteiger partial charge in [-0.2, -0.15) is 5.10 Å². The molecule has 3 aliphatic rings. The molecular formula is C30H37N3O4. The van der Waals surface area contributed by atoms with Crippen LogP contribution in [0.5, 0.6) is 11.5 Å². The van der Waals surface area contributed by atoms with Crippen molar-refractivity contribution in [1.82, 2.24) is 9.91 Å². The number of nitrogens with zero attached hydrogens (tertiary/aromatic N) is 3. The molecule has 0 aromatic heterocycles. The first-order valence-electron chi connectivity index (χ1n) is 13.2. The highest BCUT2D eigenvalue weighted by atomic mass is 16.5. The SMILES string of the molecule is COc1ccc(C2=NN(Cc3ccc(CN4C[C@@H](C)O[C@@H](C)C4)cc3)C(=O)[C@H]3CC=CC[C@@H]23)cc1OC. The van der Waals surface area contributed by atoms with E-state index in [2.05, 4.69) is 55.2 Å². The molecule has 1 aliphatic carbocycles. The summed E-state index contributed by atoms with van der Waals surface area (Å²) in [5.41, 5.74) is 4.23. The average molecular weight is 504 g/mol. The maximum absolute atomic E-state index is 13.5. The van der Waals surface area contributed by atoms with Crippen molar-refractivity contribution >= 4 is 11.6 Å². The number of morpholine rings is 1. The van der Waals surface area contributed by atoms with E-state index < -0.39 is 0 Å². The van der Waals surface area contributed by atoms with Gasteiger partial charge >= 0.3 is 0 Å². The standard InChI is InChI=1S/C30H37N3O4/c1-20-16-32(17-21(2)37-20)18-22-9-11-23(12-10-22)19-33-30(34)26-8-6-5-7-25(26)29(31-33)24-13-14-27(35-3)28(15-24)36-4/h5-6,9-15,20-21,25-26H,7-8,16-19H2,1-4H3/t20-,21+,25-,26+/m1/s1. The Morgan fingerprint density at radius 2 is 1.49 bits per heavy atom. The molecular weight excluding hydrogens is 466 g/mol. The van der Waals surface area contributed by atoms with Gasteiger partial charge in [-0.1, -0.05) is 36.4 Å². The number of carbonyl (C=O) groups excluding carboxylic acids is 1. The van der Waals surface area contributed by atoms with Crippen LogP contribution in [0.4, 0.5) is 0 Å². The van der Waals surface area contributed by atoms with Crippen molar-refractivity contribution < 1.29 is 19.0 Å². The Bertz CT molecular complexity index is 1170. The second kappa shape index (κ2) is 11.1. The van der Waals surface area contributed by atoms with E-state index in [1.807, 2.05) is 18.2 Å². The lowest BCUT2D eigenvalue weighted by Gasteiger charge is -2.37. The maximum Gasteiger partial charge on any atom is 0.247 e. The summed E-state index contributed by atoms with van der Waals surface area (Å²) in [6, 6.07) is 14.4. The van der Waals surface area contributed by atoms with Gasteiger partial charge in [0.05, 0.1) is 44.6 Å². The van der Waals surface area contributed by atoms with E-state index in [0.29, 0.717) is 18.0 Å². The molecule has 1 saturated heterocycles. The molecule has 37 heavy (non-hydrogen) atoms. The zero-order valence-corrected chi connectivity index (χ0v) is 22.2. The molecule has 2 aliphatic heterocycles. The Balaban J connectivity index is 1.36. The van der Waals surface area contributed by atoms with Crippen LogP contribution in [0.1, 0.15) is 43.4 Å². The van der Waals surface area contributed by atoms with Gasteiger partial charge in [0.25, 0.3) is 0 Å². The Labute approximate surface area is 219 Å². The molecule has 0 unspecified atom stereocenters. The van der Waals surface area contributed by atoms with Gasteiger partial charge in [0.2, 0.25) is 5.91 Å². The lowest BCUT2D eigenvalue weighted by atomic mass is 9.76. The molecule has 0 bridgehead atoms. The summed E-state index contributed by atoms with van der Waals surface area (Å²) in [6.45, 7) is 7.50. The third-order valence-corrected chi connectivity index (χ3v) is 7.52. The summed E-state index contributed by atoms with van der Waals surface area (Å²) in [4.78, 5) is 15.9. The van der Waals surface area contributed by atoms with Crippen LogP contribution in [0.2, 0.25) is 0 Å². The highest BCUT2D eigenvalue weighted by molar-refractivity contribution is 6.07. The zero-order valence-electron chi connectivity index (χ0n) is 22.2. The smallest absolute Gasteiger partial charge is 0.247 e. The molecule has 0 spiro atoms. The largest absolute Gasteiger partial charge is 0.493 e. The van der Waals surface area contributed by atoms with Crippen LogP contribution in [-0.4, -0.2) is 61.0 Å². The van der Waals surface area contributed by atoms with Crippen LogP contribution in [0.15, 0.2) is 59.7 Å². The predicted molar refractivity (Wildman–Crippen MR) is 144 cm³/mol. The summed E-state index contributed by atoms with van der Waals surface area (Å²) in [7, 11) is 3.27. The average Bonchev–Trinajstić information content (AvgIpc) is 2.90. The minimum Gasteiger partial charge on any atom is -0.493 e. The van der Waals surface area contributed by atoms with Gasteiger partial charge in [-0.05, 0) is 56.0 Å². The highest BCUT2D eigenvalue weighted by Gasteiger charge is 2.40. The molecule has 1 amide bonds. The Kier molecular flexibility index (Phi) is 7.63. The van der Waals surface area contributed by atoms with Gasteiger partial charge in [-0.25, -0.2) is 5.01 Å². The molecule has 1 fully saturated rings. The van der Waals surface area contributed by atoms with Crippen molar-refractivity contribution in [3.63, 3.8) is 0 Å². The number of allylic oxidation sites excluding steroid dienone is 2. The first-order chi connectivity index (χ1) is 17.9. The molecule has 7 heteroatoms. The molecule has 0 radical (unpaired) electrons.